The number of thiophene rings is 1. The van der Waals surface area contributed by atoms with Gasteiger partial charge in [-0.2, -0.15) is 10.1 Å². The molecule has 3 aromatic heterocycles. The molecule has 1 fully saturated rings. The monoisotopic (exact) mass is 422 g/mol. The number of carbonyl (C=O) groups is 1. The first kappa shape index (κ1) is 18.6. The zero-order chi connectivity index (χ0) is 20.5. The van der Waals surface area contributed by atoms with Crippen molar-refractivity contribution in [2.75, 3.05) is 26.2 Å². The van der Waals surface area contributed by atoms with Gasteiger partial charge < -0.3 is 9.42 Å². The van der Waals surface area contributed by atoms with Crippen LogP contribution in [0.25, 0.3) is 21.5 Å². The zero-order valence-electron chi connectivity index (χ0n) is 15.9. The maximum absolute atomic E-state index is 13.0. The Labute approximate surface area is 174 Å². The minimum absolute atomic E-state index is 0.181. The molecule has 9 nitrogen and oxygen atoms in total. The highest BCUT2D eigenvalue weighted by Crippen LogP contribution is 2.22. The number of nitrogens with one attached hydrogen (secondary N) is 1. The third-order valence-corrected chi connectivity index (χ3v) is 5.99. The molecule has 0 spiro atoms. The second-order valence-electron chi connectivity index (χ2n) is 7.00. The van der Waals surface area contributed by atoms with Crippen LogP contribution in [0.5, 0.6) is 0 Å². The number of H-pyrrole nitrogens is 1. The summed E-state index contributed by atoms with van der Waals surface area (Å²) in [6, 6.07) is 10.9. The van der Waals surface area contributed by atoms with Gasteiger partial charge in [-0.25, -0.2) is 5.10 Å². The highest BCUT2D eigenvalue weighted by molar-refractivity contribution is 7.13. The van der Waals surface area contributed by atoms with Crippen molar-refractivity contribution in [2.45, 2.75) is 6.54 Å². The molecular weight excluding hydrogens is 404 g/mol. The smallest absolute Gasteiger partial charge is 0.275 e. The molecule has 0 saturated carbocycles. The number of piperazine rings is 1. The van der Waals surface area contributed by atoms with Crippen LogP contribution in [-0.2, 0) is 6.54 Å². The minimum Gasteiger partial charge on any atom is -0.338 e. The maximum Gasteiger partial charge on any atom is 0.275 e. The molecule has 1 aromatic carbocycles. The Hall–Kier alpha value is -3.37. The molecule has 4 heterocycles. The lowest BCUT2D eigenvalue weighted by Crippen LogP contribution is -2.48. The Balaban J connectivity index is 1.25. The predicted molar refractivity (Wildman–Crippen MR) is 111 cm³/mol. The van der Waals surface area contributed by atoms with E-state index in [9.17, 15) is 9.59 Å². The fourth-order valence-corrected chi connectivity index (χ4v) is 4.20. The maximum atomic E-state index is 13.0. The highest BCUT2D eigenvalue weighted by Gasteiger charge is 2.26. The average molecular weight is 422 g/mol. The molecule has 5 rings (SSSR count). The zero-order valence-corrected chi connectivity index (χ0v) is 16.8. The van der Waals surface area contributed by atoms with Gasteiger partial charge in [-0.3, -0.25) is 14.5 Å². The second kappa shape index (κ2) is 7.81. The van der Waals surface area contributed by atoms with E-state index in [0.717, 1.165) is 4.88 Å². The first-order chi connectivity index (χ1) is 14.7. The number of nitrogens with zero attached hydrogens (tertiary/aromatic N) is 5. The van der Waals surface area contributed by atoms with Crippen LogP contribution in [0.2, 0.25) is 0 Å². The van der Waals surface area contributed by atoms with Crippen LogP contribution in [0.3, 0.4) is 0 Å². The normalized spacial score (nSPS) is 15.0. The van der Waals surface area contributed by atoms with Gasteiger partial charge in [0.15, 0.2) is 5.69 Å². The van der Waals surface area contributed by atoms with E-state index in [0.29, 0.717) is 55.2 Å². The summed E-state index contributed by atoms with van der Waals surface area (Å²) in [5.41, 5.74) is -0.0235. The largest absolute Gasteiger partial charge is 0.338 e. The summed E-state index contributed by atoms with van der Waals surface area (Å²) in [5.74, 6) is 0.983. The number of aromatic amines is 1. The number of aromatic nitrogens is 4. The quantitative estimate of drug-likeness (QED) is 0.536. The number of carbonyl (C=O) groups excluding carboxylic acids is 1. The van der Waals surface area contributed by atoms with Crippen LogP contribution in [0.4, 0.5) is 0 Å². The standard InChI is InChI=1S/C20H18N6O3S/c27-19-14-5-2-1-4-13(14)17(22-23-19)20(28)26-9-7-25(8-10-26)12-16-21-18(24-29-16)15-6-3-11-30-15/h1-6,11H,7-10,12H2,(H,23,27). The lowest BCUT2D eigenvalue weighted by molar-refractivity contribution is 0.0610. The van der Waals surface area contributed by atoms with Crippen LogP contribution in [0.1, 0.15) is 16.4 Å². The first-order valence-corrected chi connectivity index (χ1v) is 10.4. The van der Waals surface area contributed by atoms with E-state index >= 15 is 0 Å². The summed E-state index contributed by atoms with van der Waals surface area (Å²) in [5, 5.41) is 13.5. The number of hydrogen-bond donors (Lipinski definition) is 1. The van der Waals surface area contributed by atoms with Gasteiger partial charge in [0.05, 0.1) is 16.8 Å². The molecule has 1 aliphatic heterocycles. The molecule has 1 amide bonds. The van der Waals surface area contributed by atoms with E-state index in [-0.39, 0.29) is 17.2 Å². The number of fused-ring (bicyclic) bond motifs is 1. The lowest BCUT2D eigenvalue weighted by Gasteiger charge is -2.33. The molecule has 10 heteroatoms. The summed E-state index contributed by atoms with van der Waals surface area (Å²) >= 11 is 1.57. The van der Waals surface area contributed by atoms with E-state index in [1.54, 1.807) is 40.5 Å². The Kier molecular flexibility index (Phi) is 4.85. The average Bonchev–Trinajstić information content (AvgIpc) is 3.46. The van der Waals surface area contributed by atoms with Crippen LogP contribution in [0, 0.1) is 0 Å². The molecule has 30 heavy (non-hydrogen) atoms. The summed E-state index contributed by atoms with van der Waals surface area (Å²) in [7, 11) is 0. The third-order valence-electron chi connectivity index (χ3n) is 5.13. The van der Waals surface area contributed by atoms with E-state index in [4.69, 9.17) is 4.52 Å². The van der Waals surface area contributed by atoms with Crippen molar-refractivity contribution >= 4 is 28.0 Å². The first-order valence-electron chi connectivity index (χ1n) is 9.54. The van der Waals surface area contributed by atoms with Crippen molar-refractivity contribution in [3.8, 4) is 10.7 Å². The van der Waals surface area contributed by atoms with Crippen molar-refractivity contribution in [2.24, 2.45) is 0 Å². The van der Waals surface area contributed by atoms with Gasteiger partial charge in [0.1, 0.15) is 0 Å². The van der Waals surface area contributed by atoms with Crippen molar-refractivity contribution in [1.82, 2.24) is 30.1 Å². The van der Waals surface area contributed by atoms with Gasteiger partial charge in [0.25, 0.3) is 11.5 Å². The molecule has 4 aromatic rings. The fourth-order valence-electron chi connectivity index (χ4n) is 3.55. The van der Waals surface area contributed by atoms with E-state index in [1.807, 2.05) is 17.5 Å². The molecular formula is C20H18N6O3S. The summed E-state index contributed by atoms with van der Waals surface area (Å²) in [6.07, 6.45) is 0. The van der Waals surface area contributed by atoms with Crippen molar-refractivity contribution in [3.05, 3.63) is 63.7 Å². The van der Waals surface area contributed by atoms with Gasteiger partial charge in [-0.1, -0.05) is 29.4 Å². The van der Waals surface area contributed by atoms with Crippen molar-refractivity contribution < 1.29 is 9.32 Å². The van der Waals surface area contributed by atoms with Gasteiger partial charge in [0.2, 0.25) is 11.7 Å². The van der Waals surface area contributed by atoms with Crippen LogP contribution in [-0.4, -0.2) is 62.2 Å². The topological polar surface area (TPSA) is 108 Å². The van der Waals surface area contributed by atoms with Crippen LogP contribution in [0.15, 0.2) is 51.1 Å². The summed E-state index contributed by atoms with van der Waals surface area (Å²) in [4.78, 5) is 34.3. The van der Waals surface area contributed by atoms with Crippen molar-refractivity contribution in [3.63, 3.8) is 0 Å². The molecule has 1 aliphatic rings. The molecule has 1 saturated heterocycles. The van der Waals surface area contributed by atoms with Gasteiger partial charge >= 0.3 is 0 Å². The molecule has 1 N–H and O–H groups in total. The van der Waals surface area contributed by atoms with Gasteiger partial charge in [0, 0.05) is 31.6 Å². The van der Waals surface area contributed by atoms with E-state index in [2.05, 4.69) is 25.2 Å². The second-order valence-corrected chi connectivity index (χ2v) is 7.95. The predicted octanol–water partition coefficient (Wildman–Crippen LogP) is 1.99. The number of amides is 1. The Bertz CT molecular complexity index is 1240. The highest BCUT2D eigenvalue weighted by atomic mass is 32.1. The van der Waals surface area contributed by atoms with Gasteiger partial charge in [-0.05, 0) is 17.5 Å². The Morgan fingerprint density at radius 2 is 1.90 bits per heavy atom. The number of hydrogen-bond acceptors (Lipinski definition) is 8. The summed E-state index contributed by atoms with van der Waals surface area (Å²) in [6.45, 7) is 3.02. The third kappa shape index (κ3) is 3.51. The molecule has 0 bridgehead atoms. The Morgan fingerprint density at radius 3 is 2.67 bits per heavy atom. The van der Waals surface area contributed by atoms with E-state index in [1.165, 1.54) is 0 Å². The van der Waals surface area contributed by atoms with Crippen LogP contribution < -0.4 is 5.56 Å². The molecule has 0 unspecified atom stereocenters. The van der Waals surface area contributed by atoms with E-state index < -0.39 is 0 Å². The lowest BCUT2D eigenvalue weighted by atomic mass is 10.1. The van der Waals surface area contributed by atoms with Crippen LogP contribution >= 0.6 is 11.3 Å². The minimum atomic E-state index is -0.298. The molecule has 0 radical (unpaired) electrons. The molecule has 0 atom stereocenters. The fraction of sp³-hybridized carbons (Fsp3) is 0.250. The molecule has 0 aliphatic carbocycles. The van der Waals surface area contributed by atoms with Crippen molar-refractivity contribution in [1.29, 1.82) is 0 Å². The number of benzene rings is 1. The summed E-state index contributed by atoms with van der Waals surface area (Å²) < 4.78 is 5.37. The SMILES string of the molecule is O=C(c1n[nH]c(=O)c2ccccc12)N1CCN(Cc2nc(-c3cccs3)no2)CC1. The molecule has 152 valence electrons. The Morgan fingerprint density at radius 1 is 1.10 bits per heavy atom. The van der Waals surface area contributed by atoms with Gasteiger partial charge in [-0.15, -0.1) is 11.3 Å². The number of rotatable bonds is 4.